The van der Waals surface area contributed by atoms with Crippen LogP contribution in [-0.2, 0) is 9.13 Å². The summed E-state index contributed by atoms with van der Waals surface area (Å²) in [5.41, 5.74) is 3.05. The van der Waals surface area contributed by atoms with Gasteiger partial charge in [-0.15, -0.1) is 0 Å². The maximum atomic E-state index is 14.0. The second-order valence-corrected chi connectivity index (χ2v) is 16.2. The monoisotopic (exact) mass is 702 g/mol. The van der Waals surface area contributed by atoms with Crippen LogP contribution >= 0.6 is 28.1 Å². The molecular weight excluding hydrogens is 658 g/mol. The van der Waals surface area contributed by atoms with Gasteiger partial charge in [-0.3, -0.25) is 14.2 Å². The van der Waals surface area contributed by atoms with Crippen molar-refractivity contribution in [1.82, 2.24) is 5.09 Å². The Balaban J connectivity index is 0.000000216. The number of nitrogens with one attached hydrogen (secondary N) is 1. The molecule has 0 saturated heterocycles. The van der Waals surface area contributed by atoms with E-state index in [0.717, 1.165) is 50.9 Å². The normalized spacial score (nSPS) is 12.2. The van der Waals surface area contributed by atoms with E-state index in [2.05, 4.69) is 24.1 Å². The molecule has 0 spiro atoms. The van der Waals surface area contributed by atoms with Gasteiger partial charge in [-0.05, 0) is 72.5 Å². The molecule has 1 atom stereocenters. The van der Waals surface area contributed by atoms with Gasteiger partial charge >= 0.3 is 0 Å². The molecule has 0 heterocycles. The fourth-order valence-corrected chi connectivity index (χ4v) is 10.4. The molecule has 0 aliphatic rings. The minimum absolute atomic E-state index is 0. The van der Waals surface area contributed by atoms with Gasteiger partial charge in [0.2, 0.25) is 14.6 Å². The highest BCUT2D eigenvalue weighted by Crippen LogP contribution is 2.46. The largest absolute Gasteiger partial charge is 0.297 e. The van der Waals surface area contributed by atoms with E-state index in [9.17, 15) is 9.13 Å². The summed E-state index contributed by atoms with van der Waals surface area (Å²) in [6.45, 7) is 4.16. The molecule has 0 aromatic heterocycles. The Morgan fingerprint density at radius 3 is 1.24 bits per heavy atom. The van der Waals surface area contributed by atoms with Crippen molar-refractivity contribution in [2.75, 3.05) is 0 Å². The van der Waals surface area contributed by atoms with Crippen molar-refractivity contribution in [2.24, 2.45) is 4.76 Å². The topological polar surface area (TPSA) is 58.5 Å². The zero-order valence-corrected chi connectivity index (χ0v) is 30.8. The molecule has 6 rings (SSSR count). The molecule has 0 saturated carbocycles. The molecule has 0 aliphatic carbocycles. The Morgan fingerprint density at radius 1 is 0.531 bits per heavy atom. The van der Waals surface area contributed by atoms with Crippen molar-refractivity contribution in [2.45, 2.75) is 32.7 Å². The Morgan fingerprint density at radius 2 is 0.878 bits per heavy atom. The predicted octanol–water partition coefficient (Wildman–Crippen LogP) is 9.58. The lowest BCUT2D eigenvalue weighted by atomic mass is 10.1. The van der Waals surface area contributed by atoms with Crippen LogP contribution in [0.5, 0.6) is 0 Å². The summed E-state index contributed by atoms with van der Waals surface area (Å²) in [7, 11) is -5.99. The van der Waals surface area contributed by atoms with Crippen molar-refractivity contribution in [3.05, 3.63) is 193 Å². The minimum atomic E-state index is -3.07. The van der Waals surface area contributed by atoms with E-state index in [1.165, 1.54) is 0 Å². The number of rotatable bonds is 11. The van der Waals surface area contributed by atoms with Gasteiger partial charge in [-0.2, -0.15) is 13.5 Å². The smallest absolute Gasteiger partial charge is 0.247 e. The fourth-order valence-electron chi connectivity index (χ4n) is 5.54. The summed E-state index contributed by atoms with van der Waals surface area (Å²) in [5, 5.41) is 6.69. The first-order chi connectivity index (χ1) is 23.5. The third-order valence-electron chi connectivity index (χ3n) is 8.10. The van der Waals surface area contributed by atoms with Gasteiger partial charge < -0.3 is 0 Å². The molecule has 250 valence electrons. The number of benzene rings is 6. The lowest BCUT2D eigenvalue weighted by Crippen LogP contribution is -2.30. The van der Waals surface area contributed by atoms with Gasteiger partial charge in [-0.1, -0.05) is 147 Å². The average Bonchev–Trinajstić information content (AvgIpc) is 3.18. The number of hydrogen-bond donors (Lipinski definition) is 1. The van der Waals surface area contributed by atoms with E-state index in [4.69, 9.17) is 4.76 Å². The quantitative estimate of drug-likeness (QED) is 0.108. The van der Waals surface area contributed by atoms with E-state index < -0.39 is 14.6 Å². The summed E-state index contributed by atoms with van der Waals surface area (Å²) in [5.74, 6) is 0. The lowest BCUT2D eigenvalue weighted by molar-refractivity contribution is 0.555. The molecular formula is C42H44N2O2P2S. The van der Waals surface area contributed by atoms with Gasteiger partial charge in [0.15, 0.2) is 0 Å². The molecule has 6 aromatic carbocycles. The summed E-state index contributed by atoms with van der Waals surface area (Å²) in [6.07, 6.45) is 1.60. The summed E-state index contributed by atoms with van der Waals surface area (Å²) < 4.78 is 32.8. The first-order valence-corrected chi connectivity index (χ1v) is 19.7. The molecule has 0 radical (unpaired) electrons. The van der Waals surface area contributed by atoms with E-state index in [1.807, 2.05) is 177 Å². The molecule has 0 fully saturated rings. The zero-order chi connectivity index (χ0) is 33.7. The molecule has 0 bridgehead atoms. The van der Waals surface area contributed by atoms with Crippen molar-refractivity contribution in [3.63, 3.8) is 0 Å². The second-order valence-electron chi connectivity index (χ2n) is 11.3. The summed E-state index contributed by atoms with van der Waals surface area (Å²) in [6, 6.07) is 58.8. The third kappa shape index (κ3) is 9.47. The second kappa shape index (κ2) is 18.5. The Kier molecular flexibility index (Phi) is 14.2. The van der Waals surface area contributed by atoms with Crippen LogP contribution in [-0.4, -0.2) is 5.71 Å². The van der Waals surface area contributed by atoms with Crippen LogP contribution in [0.25, 0.3) is 0 Å². The lowest BCUT2D eigenvalue weighted by Gasteiger charge is -2.26. The van der Waals surface area contributed by atoms with Gasteiger partial charge in [0, 0.05) is 27.3 Å². The summed E-state index contributed by atoms with van der Waals surface area (Å²) >= 11 is 0. The van der Waals surface area contributed by atoms with Crippen LogP contribution in [0.1, 0.15) is 43.9 Å². The maximum absolute atomic E-state index is 14.0. The molecule has 0 unspecified atom stereocenters. The van der Waals surface area contributed by atoms with Crippen LogP contribution in [0, 0.1) is 0 Å². The Bertz CT molecular complexity index is 1870. The van der Waals surface area contributed by atoms with Crippen LogP contribution < -0.4 is 26.3 Å². The van der Waals surface area contributed by atoms with E-state index in [-0.39, 0.29) is 19.5 Å². The predicted molar refractivity (Wildman–Crippen MR) is 216 cm³/mol. The summed E-state index contributed by atoms with van der Waals surface area (Å²) in [4.78, 5) is 0. The SMILES string of the molecule is CCC(=NP(=O)(c1ccccc1)c1ccccc1)c1ccccc1.CC[C@H](NP(=O)(c1ccccc1)c1ccccc1)c1ccccc1.S. The maximum Gasteiger partial charge on any atom is 0.247 e. The molecule has 6 aromatic rings. The Hall–Kier alpha value is -4.24. The van der Waals surface area contributed by atoms with Crippen LogP contribution in [0.4, 0.5) is 0 Å². The third-order valence-corrected chi connectivity index (χ3v) is 13.3. The zero-order valence-electron chi connectivity index (χ0n) is 28.0. The first kappa shape index (κ1) is 37.6. The number of nitrogens with zero attached hydrogens (tertiary/aromatic N) is 1. The van der Waals surface area contributed by atoms with Gasteiger partial charge in [0.05, 0.1) is 5.71 Å². The minimum Gasteiger partial charge on any atom is -0.297 e. The van der Waals surface area contributed by atoms with Crippen LogP contribution in [0.3, 0.4) is 0 Å². The number of hydrogen-bond acceptors (Lipinski definition) is 2. The van der Waals surface area contributed by atoms with Gasteiger partial charge in [0.25, 0.3) is 0 Å². The highest BCUT2D eigenvalue weighted by atomic mass is 32.1. The van der Waals surface area contributed by atoms with Gasteiger partial charge in [0.1, 0.15) is 0 Å². The van der Waals surface area contributed by atoms with E-state index >= 15 is 0 Å². The highest BCUT2D eigenvalue weighted by Gasteiger charge is 2.30. The van der Waals surface area contributed by atoms with Crippen molar-refractivity contribution < 1.29 is 9.13 Å². The molecule has 7 heteroatoms. The van der Waals surface area contributed by atoms with Crippen molar-refractivity contribution >= 4 is 55.0 Å². The van der Waals surface area contributed by atoms with Crippen molar-refractivity contribution in [3.8, 4) is 0 Å². The van der Waals surface area contributed by atoms with Crippen LogP contribution in [0.15, 0.2) is 187 Å². The molecule has 1 N–H and O–H groups in total. The molecule has 0 aliphatic heterocycles. The molecule has 4 nitrogen and oxygen atoms in total. The average molecular weight is 703 g/mol. The van der Waals surface area contributed by atoms with E-state index in [1.54, 1.807) is 0 Å². The fraction of sp³-hybridized carbons (Fsp3) is 0.119. The van der Waals surface area contributed by atoms with Gasteiger partial charge in [-0.25, -0.2) is 4.76 Å². The highest BCUT2D eigenvalue weighted by molar-refractivity contribution is 7.77. The first-order valence-electron chi connectivity index (χ1n) is 16.4. The standard InChI is InChI=1S/C21H22NOP.C21H20NOP.H2S/c2*1-2-21(18-12-6-3-7-13-18)22-24(23,19-14-8-4-9-15-19)20-16-10-5-11-17-20;/h3-17,21H,2H2,1H3,(H,22,23);3-17H,2H2,1H3;1H2/t21-;;/m0../s1. The molecule has 0 amide bonds. The van der Waals surface area contributed by atoms with Crippen molar-refractivity contribution in [1.29, 1.82) is 0 Å². The Labute approximate surface area is 298 Å². The molecule has 49 heavy (non-hydrogen) atoms. The van der Waals surface area contributed by atoms with E-state index in [0.29, 0.717) is 0 Å². The van der Waals surface area contributed by atoms with Crippen LogP contribution in [0.2, 0.25) is 0 Å².